The molecule has 0 aromatic heterocycles. The molecule has 1 aliphatic heterocycles. The lowest BCUT2D eigenvalue weighted by Gasteiger charge is -2.45. The normalized spacial score (nSPS) is 27.1. The van der Waals surface area contributed by atoms with Gasteiger partial charge < -0.3 is 20.1 Å². The lowest BCUT2D eigenvalue weighted by atomic mass is 9.67. The molecule has 6 heteroatoms. The molecule has 0 spiro atoms. The first-order chi connectivity index (χ1) is 12.3. The van der Waals surface area contributed by atoms with E-state index in [9.17, 15) is 0 Å². The van der Waals surface area contributed by atoms with Crippen LogP contribution in [-0.2, 0) is 9.47 Å². The van der Waals surface area contributed by atoms with Crippen molar-refractivity contribution in [3.63, 3.8) is 0 Å². The molecule has 1 aliphatic carbocycles. The van der Waals surface area contributed by atoms with Crippen molar-refractivity contribution in [3.05, 3.63) is 0 Å². The summed E-state index contributed by atoms with van der Waals surface area (Å²) in [5.41, 5.74) is 0.437. The van der Waals surface area contributed by atoms with Crippen LogP contribution < -0.4 is 10.6 Å². The summed E-state index contributed by atoms with van der Waals surface area (Å²) in [4.78, 5) is 6.95. The number of ether oxygens (including phenoxy) is 2. The zero-order valence-electron chi connectivity index (χ0n) is 17.7. The highest BCUT2D eigenvalue weighted by Crippen LogP contribution is 2.43. The van der Waals surface area contributed by atoms with E-state index in [-0.39, 0.29) is 17.7 Å². The summed E-state index contributed by atoms with van der Waals surface area (Å²) in [5.74, 6) is 0.899. The van der Waals surface area contributed by atoms with E-state index in [2.05, 4.69) is 48.2 Å². The third-order valence-electron chi connectivity index (χ3n) is 6.07. The van der Waals surface area contributed by atoms with E-state index >= 15 is 0 Å². The second kappa shape index (κ2) is 9.38. The number of aliphatic imine (C=N–C) groups is 1. The molecule has 0 amide bonds. The molecular formula is C20H40N4O2. The van der Waals surface area contributed by atoms with Gasteiger partial charge in [0.05, 0.1) is 12.2 Å². The zero-order valence-corrected chi connectivity index (χ0v) is 17.7. The molecule has 6 nitrogen and oxygen atoms in total. The Balaban J connectivity index is 1.82. The van der Waals surface area contributed by atoms with Crippen molar-refractivity contribution in [1.82, 2.24) is 15.5 Å². The molecule has 1 saturated carbocycles. The maximum atomic E-state index is 5.88. The lowest BCUT2D eigenvalue weighted by molar-refractivity contribution is -0.0946. The summed E-state index contributed by atoms with van der Waals surface area (Å²) in [6.45, 7) is 13.5. The third-order valence-corrected chi connectivity index (χ3v) is 6.07. The van der Waals surface area contributed by atoms with Gasteiger partial charge in [-0.05, 0) is 52.4 Å². The SMILES string of the molecule is CN=C(NCC1(CCOC)CCC1)NCC(C)(C)N1CC(C)OC(C)C1. The van der Waals surface area contributed by atoms with Crippen LogP contribution in [0.1, 0.15) is 53.4 Å². The molecule has 0 aromatic carbocycles. The zero-order chi connectivity index (χ0) is 19.2. The van der Waals surface area contributed by atoms with Gasteiger partial charge >= 0.3 is 0 Å². The van der Waals surface area contributed by atoms with E-state index in [1.165, 1.54) is 19.3 Å². The van der Waals surface area contributed by atoms with Gasteiger partial charge in [-0.2, -0.15) is 0 Å². The number of nitrogens with zero attached hydrogens (tertiary/aromatic N) is 2. The summed E-state index contributed by atoms with van der Waals surface area (Å²) in [5, 5.41) is 7.09. The Labute approximate surface area is 160 Å². The third kappa shape index (κ3) is 5.83. The molecule has 0 aromatic rings. The molecule has 0 radical (unpaired) electrons. The molecular weight excluding hydrogens is 328 g/mol. The van der Waals surface area contributed by atoms with Crippen molar-refractivity contribution >= 4 is 5.96 Å². The monoisotopic (exact) mass is 368 g/mol. The summed E-state index contributed by atoms with van der Waals surface area (Å²) in [7, 11) is 3.64. The number of hydrogen-bond donors (Lipinski definition) is 2. The van der Waals surface area contributed by atoms with Crippen LogP contribution in [0.3, 0.4) is 0 Å². The average Bonchev–Trinajstić information content (AvgIpc) is 2.55. The van der Waals surface area contributed by atoms with Crippen LogP contribution in [0.5, 0.6) is 0 Å². The summed E-state index contributed by atoms with van der Waals surface area (Å²) in [6.07, 6.45) is 5.61. The van der Waals surface area contributed by atoms with Gasteiger partial charge in [-0.15, -0.1) is 0 Å². The molecule has 2 fully saturated rings. The minimum Gasteiger partial charge on any atom is -0.385 e. The van der Waals surface area contributed by atoms with E-state index in [1.54, 1.807) is 7.11 Å². The predicted molar refractivity (Wildman–Crippen MR) is 108 cm³/mol. The standard InChI is InChI=1S/C20H40N4O2/c1-16-12-24(13-17(2)26-16)19(3,4)14-22-18(21-5)23-15-20(8-7-9-20)10-11-25-6/h16-17H,7-15H2,1-6H3,(H2,21,22,23). The van der Waals surface area contributed by atoms with Gasteiger partial charge in [0.25, 0.3) is 0 Å². The maximum absolute atomic E-state index is 5.88. The van der Waals surface area contributed by atoms with E-state index in [0.29, 0.717) is 5.41 Å². The largest absolute Gasteiger partial charge is 0.385 e. The predicted octanol–water partition coefficient (Wildman–Crippen LogP) is 2.25. The second-order valence-corrected chi connectivity index (χ2v) is 8.85. The Kier molecular flexibility index (Phi) is 7.74. The smallest absolute Gasteiger partial charge is 0.191 e. The van der Waals surface area contributed by atoms with Gasteiger partial charge in [0, 0.05) is 52.5 Å². The van der Waals surface area contributed by atoms with E-state index in [1.807, 2.05) is 7.05 Å². The Hall–Kier alpha value is -0.850. The fourth-order valence-corrected chi connectivity index (χ4v) is 4.09. The number of nitrogens with one attached hydrogen (secondary N) is 2. The molecule has 2 aliphatic rings. The van der Waals surface area contributed by atoms with Crippen molar-refractivity contribution in [2.45, 2.75) is 71.1 Å². The fourth-order valence-electron chi connectivity index (χ4n) is 4.09. The average molecular weight is 369 g/mol. The van der Waals surface area contributed by atoms with Crippen LogP contribution in [0.25, 0.3) is 0 Å². The number of rotatable bonds is 8. The van der Waals surface area contributed by atoms with Gasteiger partial charge in [-0.3, -0.25) is 9.89 Å². The first kappa shape index (κ1) is 21.5. The van der Waals surface area contributed by atoms with Crippen LogP contribution >= 0.6 is 0 Å². The van der Waals surface area contributed by atoms with Gasteiger partial charge in [0.2, 0.25) is 0 Å². The van der Waals surface area contributed by atoms with Crippen LogP contribution in [-0.4, -0.2) is 75.5 Å². The quantitative estimate of drug-likeness (QED) is 0.508. The highest BCUT2D eigenvalue weighted by molar-refractivity contribution is 5.79. The number of methoxy groups -OCH3 is 1. The maximum Gasteiger partial charge on any atom is 0.191 e. The molecule has 2 rings (SSSR count). The molecule has 1 saturated heterocycles. The van der Waals surface area contributed by atoms with Crippen LogP contribution in [0.15, 0.2) is 4.99 Å². The molecule has 0 bridgehead atoms. The molecule has 2 N–H and O–H groups in total. The topological polar surface area (TPSA) is 58.1 Å². The molecule has 152 valence electrons. The van der Waals surface area contributed by atoms with E-state index in [0.717, 1.165) is 45.2 Å². The van der Waals surface area contributed by atoms with Crippen LogP contribution in [0.4, 0.5) is 0 Å². The Morgan fingerprint density at radius 1 is 1.23 bits per heavy atom. The van der Waals surface area contributed by atoms with Gasteiger partial charge in [0.15, 0.2) is 5.96 Å². The summed E-state index contributed by atoms with van der Waals surface area (Å²) >= 11 is 0. The molecule has 2 atom stereocenters. The second-order valence-electron chi connectivity index (χ2n) is 8.85. The lowest BCUT2D eigenvalue weighted by Crippen LogP contribution is -2.59. The Bertz CT molecular complexity index is 453. The highest BCUT2D eigenvalue weighted by Gasteiger charge is 2.37. The Morgan fingerprint density at radius 2 is 1.88 bits per heavy atom. The minimum atomic E-state index is 0.0497. The number of guanidine groups is 1. The van der Waals surface area contributed by atoms with Gasteiger partial charge in [-0.1, -0.05) is 6.42 Å². The van der Waals surface area contributed by atoms with Crippen molar-refractivity contribution in [1.29, 1.82) is 0 Å². The number of hydrogen-bond acceptors (Lipinski definition) is 4. The molecule has 2 unspecified atom stereocenters. The molecule has 26 heavy (non-hydrogen) atoms. The van der Waals surface area contributed by atoms with Crippen molar-refractivity contribution in [2.75, 3.05) is 46.9 Å². The van der Waals surface area contributed by atoms with E-state index in [4.69, 9.17) is 9.47 Å². The fraction of sp³-hybridized carbons (Fsp3) is 0.950. The van der Waals surface area contributed by atoms with Crippen molar-refractivity contribution in [3.8, 4) is 0 Å². The van der Waals surface area contributed by atoms with Crippen molar-refractivity contribution in [2.24, 2.45) is 10.4 Å². The summed E-state index contributed by atoms with van der Waals surface area (Å²) in [6, 6.07) is 0. The van der Waals surface area contributed by atoms with Crippen LogP contribution in [0, 0.1) is 5.41 Å². The van der Waals surface area contributed by atoms with Crippen LogP contribution in [0.2, 0.25) is 0 Å². The van der Waals surface area contributed by atoms with Crippen molar-refractivity contribution < 1.29 is 9.47 Å². The first-order valence-electron chi connectivity index (χ1n) is 10.1. The summed E-state index contributed by atoms with van der Waals surface area (Å²) < 4.78 is 11.2. The van der Waals surface area contributed by atoms with Gasteiger partial charge in [-0.25, -0.2) is 0 Å². The van der Waals surface area contributed by atoms with Gasteiger partial charge in [0.1, 0.15) is 0 Å². The number of morpholine rings is 1. The highest BCUT2D eigenvalue weighted by atomic mass is 16.5. The molecule has 1 heterocycles. The Morgan fingerprint density at radius 3 is 2.38 bits per heavy atom. The first-order valence-corrected chi connectivity index (χ1v) is 10.1. The van der Waals surface area contributed by atoms with E-state index < -0.39 is 0 Å². The minimum absolute atomic E-state index is 0.0497.